The number of halogens is 2. The van der Waals surface area contributed by atoms with E-state index in [9.17, 15) is 13.9 Å². The van der Waals surface area contributed by atoms with E-state index < -0.39 is 61.4 Å². The molecule has 348 valence electrons. The summed E-state index contributed by atoms with van der Waals surface area (Å²) in [4.78, 5) is 0. The number of ether oxygens (including phenoxy) is 8. The summed E-state index contributed by atoms with van der Waals surface area (Å²) < 4.78 is 77.1. The standard InChI is InChI=1S/C28H31FO4.C27H29FO5/c1-21-26(31-18-23-13-7-3-8-14-23)27(32-19-24-15-9-4-10-16-24)25(33-28(21)29)20-30-17-22-11-5-2-6-12-22;28-27-24(29)26(32-18-22-14-8-3-9-15-22)25(31-17-21-12-6-2-7-13-21)23(33-27)19-30-16-20-10-4-1-5-11-20/h2-16,21,25-28H,17-20H2,1H3;1-15,23-27,29H,16-19H2/t21?,25?,26-,27-,28-;23?,24?,25-,26-,27-/m00/s1. The first-order valence-electron chi connectivity index (χ1n) is 22.5. The van der Waals surface area contributed by atoms with E-state index in [0.29, 0.717) is 26.4 Å². The Bertz CT molecular complexity index is 2040. The van der Waals surface area contributed by atoms with Gasteiger partial charge in [0.05, 0.1) is 59.0 Å². The third-order valence-corrected chi connectivity index (χ3v) is 11.5. The Morgan fingerprint density at radius 2 is 0.652 bits per heavy atom. The van der Waals surface area contributed by atoms with Gasteiger partial charge in [-0.3, -0.25) is 0 Å². The van der Waals surface area contributed by atoms with Gasteiger partial charge in [-0.15, -0.1) is 0 Å². The van der Waals surface area contributed by atoms with Crippen molar-refractivity contribution in [1.82, 2.24) is 0 Å². The fourth-order valence-corrected chi connectivity index (χ4v) is 7.82. The van der Waals surface area contributed by atoms with Gasteiger partial charge in [0.2, 0.25) is 12.7 Å². The van der Waals surface area contributed by atoms with Crippen molar-refractivity contribution in [1.29, 1.82) is 0 Å². The van der Waals surface area contributed by atoms with Crippen molar-refractivity contribution >= 4 is 0 Å². The van der Waals surface area contributed by atoms with Crippen LogP contribution in [0, 0.1) is 5.92 Å². The van der Waals surface area contributed by atoms with E-state index in [0.717, 1.165) is 33.4 Å². The van der Waals surface area contributed by atoms with Crippen molar-refractivity contribution in [3.05, 3.63) is 215 Å². The molecule has 2 saturated heterocycles. The van der Waals surface area contributed by atoms with E-state index >= 15 is 0 Å². The molecule has 2 heterocycles. The van der Waals surface area contributed by atoms with Gasteiger partial charge in [-0.1, -0.05) is 189 Å². The molecule has 11 heteroatoms. The fraction of sp³-hybridized carbons (Fsp3) is 0.345. The number of rotatable bonds is 20. The second-order valence-corrected chi connectivity index (χ2v) is 16.4. The van der Waals surface area contributed by atoms with Gasteiger partial charge in [0, 0.05) is 5.92 Å². The molecule has 66 heavy (non-hydrogen) atoms. The quantitative estimate of drug-likeness (QED) is 0.0804. The summed E-state index contributed by atoms with van der Waals surface area (Å²) in [5, 5.41) is 10.6. The van der Waals surface area contributed by atoms with Crippen LogP contribution in [-0.4, -0.2) is 73.8 Å². The first-order valence-corrected chi connectivity index (χ1v) is 22.5. The zero-order valence-corrected chi connectivity index (χ0v) is 37.2. The van der Waals surface area contributed by atoms with Gasteiger partial charge < -0.3 is 43.0 Å². The second-order valence-electron chi connectivity index (χ2n) is 16.4. The van der Waals surface area contributed by atoms with Crippen molar-refractivity contribution in [3.8, 4) is 0 Å². The third kappa shape index (κ3) is 14.9. The average molecular weight is 903 g/mol. The Kier molecular flexibility index (Phi) is 19.4. The molecule has 0 radical (unpaired) electrons. The topological polar surface area (TPSA) is 94.1 Å². The van der Waals surface area contributed by atoms with Crippen LogP contribution in [0.3, 0.4) is 0 Å². The predicted molar refractivity (Wildman–Crippen MR) is 247 cm³/mol. The lowest BCUT2D eigenvalue weighted by atomic mass is 9.92. The molecule has 2 aliphatic heterocycles. The van der Waals surface area contributed by atoms with Crippen LogP contribution in [-0.2, 0) is 77.5 Å². The smallest absolute Gasteiger partial charge is 0.228 e. The highest BCUT2D eigenvalue weighted by Gasteiger charge is 2.48. The van der Waals surface area contributed by atoms with Crippen LogP contribution >= 0.6 is 0 Å². The van der Waals surface area contributed by atoms with Crippen LogP contribution in [0.5, 0.6) is 0 Å². The van der Waals surface area contributed by atoms with Crippen LogP contribution in [0.25, 0.3) is 0 Å². The SMILES string of the molecule is CC1[C@@H](F)OC(COCc2ccccc2)[C@H](OCc2ccccc2)[C@H]1OCc1ccccc1.OC1[C@@H](F)OC(COCc2ccccc2)[C@H](OCc2ccccc2)[C@H]1OCc1ccccc1. The second kappa shape index (κ2) is 26.2. The Hall–Kier alpha value is -5.18. The summed E-state index contributed by atoms with van der Waals surface area (Å²) in [6.45, 7) is 4.18. The van der Waals surface area contributed by atoms with Gasteiger partial charge in [-0.2, -0.15) is 0 Å². The van der Waals surface area contributed by atoms with Gasteiger partial charge in [-0.25, -0.2) is 8.78 Å². The first kappa shape index (κ1) is 48.7. The summed E-state index contributed by atoms with van der Waals surface area (Å²) in [6, 6.07) is 58.6. The van der Waals surface area contributed by atoms with Crippen LogP contribution in [0.1, 0.15) is 40.3 Å². The Morgan fingerprint density at radius 3 is 1.00 bits per heavy atom. The fourth-order valence-electron chi connectivity index (χ4n) is 7.82. The molecule has 4 unspecified atom stereocenters. The van der Waals surface area contributed by atoms with E-state index in [2.05, 4.69) is 0 Å². The lowest BCUT2D eigenvalue weighted by molar-refractivity contribution is -0.288. The number of hydrogen-bond acceptors (Lipinski definition) is 9. The van der Waals surface area contributed by atoms with Crippen molar-refractivity contribution in [3.63, 3.8) is 0 Å². The molecule has 9 nitrogen and oxygen atoms in total. The van der Waals surface area contributed by atoms with Crippen molar-refractivity contribution in [2.75, 3.05) is 13.2 Å². The molecule has 0 spiro atoms. The molecule has 8 rings (SSSR count). The van der Waals surface area contributed by atoms with E-state index in [4.69, 9.17) is 37.9 Å². The lowest BCUT2D eigenvalue weighted by Gasteiger charge is -2.42. The molecule has 10 atom stereocenters. The number of benzene rings is 6. The predicted octanol–water partition coefficient (Wildman–Crippen LogP) is 10.1. The normalized spacial score (nSPS) is 25.1. The summed E-state index contributed by atoms with van der Waals surface area (Å²) in [5.41, 5.74) is 6.01. The summed E-state index contributed by atoms with van der Waals surface area (Å²) in [5.74, 6) is -0.472. The highest BCUT2D eigenvalue weighted by Crippen LogP contribution is 2.33. The van der Waals surface area contributed by atoms with Gasteiger partial charge in [0.25, 0.3) is 0 Å². The maximum absolute atomic E-state index is 14.9. The zero-order valence-electron chi connectivity index (χ0n) is 37.2. The molecule has 0 bridgehead atoms. The molecule has 0 aromatic heterocycles. The monoisotopic (exact) mass is 902 g/mol. The van der Waals surface area contributed by atoms with Crippen LogP contribution in [0.4, 0.5) is 8.78 Å². The summed E-state index contributed by atoms with van der Waals surface area (Å²) in [6.07, 6.45) is -8.70. The molecule has 2 fully saturated rings. The van der Waals surface area contributed by atoms with Crippen LogP contribution < -0.4 is 0 Å². The molecule has 0 amide bonds. The van der Waals surface area contributed by atoms with Crippen LogP contribution in [0.2, 0.25) is 0 Å². The maximum atomic E-state index is 14.9. The summed E-state index contributed by atoms with van der Waals surface area (Å²) in [7, 11) is 0. The van der Waals surface area contributed by atoms with Gasteiger partial charge in [0.15, 0.2) is 0 Å². The summed E-state index contributed by atoms with van der Waals surface area (Å²) >= 11 is 0. The Balaban J connectivity index is 0.000000196. The number of alkyl halides is 2. The lowest BCUT2D eigenvalue weighted by Crippen LogP contribution is -2.59. The maximum Gasteiger partial charge on any atom is 0.228 e. The molecule has 6 aromatic rings. The van der Waals surface area contributed by atoms with Crippen LogP contribution in [0.15, 0.2) is 182 Å². The van der Waals surface area contributed by atoms with Crippen molar-refractivity contribution in [2.45, 2.75) is 102 Å². The van der Waals surface area contributed by atoms with Gasteiger partial charge >= 0.3 is 0 Å². The van der Waals surface area contributed by atoms with E-state index in [1.807, 2.05) is 182 Å². The molecule has 0 aliphatic carbocycles. The number of hydrogen-bond donors (Lipinski definition) is 1. The van der Waals surface area contributed by atoms with Gasteiger partial charge in [-0.05, 0) is 33.4 Å². The minimum atomic E-state index is -1.90. The largest absolute Gasteiger partial charge is 0.385 e. The van der Waals surface area contributed by atoms with Crippen molar-refractivity contribution < 1.29 is 51.8 Å². The van der Waals surface area contributed by atoms with Gasteiger partial charge in [0.1, 0.15) is 36.6 Å². The number of aliphatic hydroxyl groups excluding tert-OH is 1. The Labute approximate surface area is 387 Å². The minimum absolute atomic E-state index is 0.104. The molecular weight excluding hydrogens is 843 g/mol. The molecular formula is C55H60F2O9. The first-order chi connectivity index (χ1) is 32.4. The molecule has 6 aromatic carbocycles. The Morgan fingerprint density at radius 1 is 0.379 bits per heavy atom. The zero-order chi connectivity index (χ0) is 45.8. The highest BCUT2D eigenvalue weighted by molar-refractivity contribution is 5.18. The average Bonchev–Trinajstić information content (AvgIpc) is 3.36. The number of aliphatic hydroxyl groups is 1. The van der Waals surface area contributed by atoms with E-state index in [-0.39, 0.29) is 26.4 Å². The molecule has 0 saturated carbocycles. The third-order valence-electron chi connectivity index (χ3n) is 11.5. The van der Waals surface area contributed by atoms with E-state index in [1.165, 1.54) is 0 Å². The van der Waals surface area contributed by atoms with Crippen molar-refractivity contribution in [2.24, 2.45) is 5.92 Å². The molecule has 1 N–H and O–H groups in total. The molecule has 2 aliphatic rings. The van der Waals surface area contributed by atoms with E-state index in [1.54, 1.807) is 6.92 Å². The minimum Gasteiger partial charge on any atom is -0.385 e. The highest BCUT2D eigenvalue weighted by atomic mass is 19.1.